The molecule has 3 atom stereocenters. The first-order valence-electron chi connectivity index (χ1n) is 8.25. The van der Waals surface area contributed by atoms with Crippen LogP contribution in [-0.4, -0.2) is 18.0 Å². The van der Waals surface area contributed by atoms with E-state index in [-0.39, 0.29) is 17.9 Å². The lowest BCUT2D eigenvalue weighted by atomic mass is 9.93. The van der Waals surface area contributed by atoms with Crippen molar-refractivity contribution >= 4 is 5.91 Å². The second-order valence-electron chi connectivity index (χ2n) is 6.04. The molecule has 0 radical (unpaired) electrons. The van der Waals surface area contributed by atoms with Crippen LogP contribution in [0.5, 0.6) is 0 Å². The first-order chi connectivity index (χ1) is 9.19. The highest BCUT2D eigenvalue weighted by Gasteiger charge is 2.28. The fraction of sp³-hybridized carbons (Fsp3) is 0.938. The summed E-state index contributed by atoms with van der Waals surface area (Å²) in [6.07, 6.45) is 11.3. The Morgan fingerprint density at radius 1 is 1.16 bits per heavy atom. The first kappa shape index (κ1) is 16.5. The molecule has 0 aromatic rings. The summed E-state index contributed by atoms with van der Waals surface area (Å²) in [5.74, 6) is 0.257. The van der Waals surface area contributed by atoms with Gasteiger partial charge in [-0.05, 0) is 25.7 Å². The third-order valence-corrected chi connectivity index (χ3v) is 4.30. The van der Waals surface area contributed by atoms with E-state index in [1.165, 1.54) is 25.7 Å². The quantitative estimate of drug-likeness (QED) is 0.696. The van der Waals surface area contributed by atoms with Gasteiger partial charge in [-0.2, -0.15) is 0 Å². The van der Waals surface area contributed by atoms with Crippen LogP contribution in [0.1, 0.15) is 78.1 Å². The lowest BCUT2D eigenvalue weighted by Gasteiger charge is -2.25. The molecule has 1 rings (SSSR count). The molecule has 0 bridgehead atoms. The van der Waals surface area contributed by atoms with E-state index in [9.17, 15) is 4.79 Å². The molecule has 1 aliphatic rings. The zero-order valence-electron chi connectivity index (χ0n) is 12.8. The van der Waals surface area contributed by atoms with Crippen molar-refractivity contribution in [3.8, 4) is 0 Å². The van der Waals surface area contributed by atoms with Gasteiger partial charge in [0.25, 0.3) is 0 Å². The minimum atomic E-state index is 0.0449. The van der Waals surface area contributed by atoms with Gasteiger partial charge in [0, 0.05) is 12.1 Å². The van der Waals surface area contributed by atoms with Crippen LogP contribution in [0.4, 0.5) is 0 Å². The van der Waals surface area contributed by atoms with Gasteiger partial charge in [-0.1, -0.05) is 52.4 Å². The van der Waals surface area contributed by atoms with Gasteiger partial charge in [-0.3, -0.25) is 4.79 Å². The summed E-state index contributed by atoms with van der Waals surface area (Å²) < 4.78 is 0. The third kappa shape index (κ3) is 5.94. The minimum Gasteiger partial charge on any atom is -0.353 e. The Morgan fingerprint density at radius 2 is 1.89 bits per heavy atom. The number of carbonyl (C=O) groups is 1. The topological polar surface area (TPSA) is 55.1 Å². The Morgan fingerprint density at radius 3 is 2.58 bits per heavy atom. The molecule has 0 aromatic carbocycles. The van der Waals surface area contributed by atoms with Crippen LogP contribution in [0.3, 0.4) is 0 Å². The zero-order chi connectivity index (χ0) is 14.1. The SMILES string of the molecule is CCCCC(CCC)NC(=O)C1CCCCCC1N. The fourth-order valence-electron chi connectivity index (χ4n) is 3.06. The van der Waals surface area contributed by atoms with Crippen LogP contribution in [-0.2, 0) is 4.79 Å². The maximum Gasteiger partial charge on any atom is 0.224 e. The molecule has 0 spiro atoms. The van der Waals surface area contributed by atoms with Crippen LogP contribution >= 0.6 is 0 Å². The summed E-state index contributed by atoms with van der Waals surface area (Å²) in [6.45, 7) is 4.38. The highest BCUT2D eigenvalue weighted by atomic mass is 16.2. The van der Waals surface area contributed by atoms with Crippen molar-refractivity contribution in [2.75, 3.05) is 0 Å². The standard InChI is InChI=1S/C16H32N2O/c1-3-5-10-13(9-4-2)18-16(19)14-11-7-6-8-12-15(14)17/h13-15H,3-12,17H2,1-2H3,(H,18,19). The molecule has 112 valence electrons. The van der Waals surface area contributed by atoms with Crippen LogP contribution < -0.4 is 11.1 Å². The van der Waals surface area contributed by atoms with Gasteiger partial charge in [0.15, 0.2) is 0 Å². The van der Waals surface area contributed by atoms with Crippen LogP contribution in [0.2, 0.25) is 0 Å². The van der Waals surface area contributed by atoms with Crippen molar-refractivity contribution in [1.82, 2.24) is 5.32 Å². The van der Waals surface area contributed by atoms with Crippen LogP contribution in [0.15, 0.2) is 0 Å². The predicted octanol–water partition coefficient (Wildman–Crippen LogP) is 3.37. The van der Waals surface area contributed by atoms with Gasteiger partial charge in [0.2, 0.25) is 5.91 Å². The number of hydrogen-bond donors (Lipinski definition) is 2. The maximum atomic E-state index is 12.4. The smallest absolute Gasteiger partial charge is 0.224 e. The lowest BCUT2D eigenvalue weighted by Crippen LogP contribution is -2.45. The van der Waals surface area contributed by atoms with E-state index < -0.39 is 0 Å². The molecule has 3 unspecified atom stereocenters. The van der Waals surface area contributed by atoms with Gasteiger partial charge in [-0.25, -0.2) is 0 Å². The normalized spacial score (nSPS) is 25.6. The van der Waals surface area contributed by atoms with Crippen molar-refractivity contribution < 1.29 is 4.79 Å². The summed E-state index contributed by atoms with van der Waals surface area (Å²) >= 11 is 0. The molecule has 3 N–H and O–H groups in total. The van der Waals surface area contributed by atoms with Gasteiger partial charge in [-0.15, -0.1) is 0 Å². The average molecular weight is 268 g/mol. The molecule has 1 fully saturated rings. The van der Waals surface area contributed by atoms with E-state index in [4.69, 9.17) is 5.73 Å². The summed E-state index contributed by atoms with van der Waals surface area (Å²) in [5.41, 5.74) is 6.17. The molecule has 0 aliphatic heterocycles. The third-order valence-electron chi connectivity index (χ3n) is 4.30. The van der Waals surface area contributed by atoms with E-state index in [0.717, 1.165) is 38.5 Å². The maximum absolute atomic E-state index is 12.4. The summed E-state index contributed by atoms with van der Waals surface area (Å²) in [7, 11) is 0. The van der Waals surface area contributed by atoms with Crippen molar-refractivity contribution in [3.63, 3.8) is 0 Å². The largest absolute Gasteiger partial charge is 0.353 e. The van der Waals surface area contributed by atoms with Gasteiger partial charge < -0.3 is 11.1 Å². The number of carbonyl (C=O) groups excluding carboxylic acids is 1. The number of unbranched alkanes of at least 4 members (excludes halogenated alkanes) is 1. The van der Waals surface area contributed by atoms with Crippen LogP contribution in [0, 0.1) is 5.92 Å². The first-order valence-corrected chi connectivity index (χ1v) is 8.25. The molecule has 0 saturated heterocycles. The predicted molar refractivity (Wildman–Crippen MR) is 80.9 cm³/mol. The molecular weight excluding hydrogens is 236 g/mol. The lowest BCUT2D eigenvalue weighted by molar-refractivity contribution is -0.126. The Kier molecular flexibility index (Phi) is 8.11. The van der Waals surface area contributed by atoms with E-state index in [1.54, 1.807) is 0 Å². The Bertz CT molecular complexity index is 255. The number of amides is 1. The molecule has 3 heteroatoms. The van der Waals surface area contributed by atoms with Crippen LogP contribution in [0.25, 0.3) is 0 Å². The molecule has 3 nitrogen and oxygen atoms in total. The fourth-order valence-corrected chi connectivity index (χ4v) is 3.06. The summed E-state index contributed by atoms with van der Waals surface area (Å²) in [6, 6.07) is 0.420. The van der Waals surface area contributed by atoms with E-state index >= 15 is 0 Å². The van der Waals surface area contributed by atoms with Gasteiger partial charge in [0.1, 0.15) is 0 Å². The second kappa shape index (κ2) is 9.35. The van der Waals surface area contributed by atoms with Crippen molar-refractivity contribution in [1.29, 1.82) is 0 Å². The number of rotatable bonds is 7. The van der Waals surface area contributed by atoms with E-state index in [2.05, 4.69) is 19.2 Å². The highest BCUT2D eigenvalue weighted by Crippen LogP contribution is 2.23. The van der Waals surface area contributed by atoms with Gasteiger partial charge in [0.05, 0.1) is 5.92 Å². The molecule has 0 heterocycles. The van der Waals surface area contributed by atoms with Crippen molar-refractivity contribution in [3.05, 3.63) is 0 Å². The molecule has 1 saturated carbocycles. The number of nitrogens with one attached hydrogen (secondary N) is 1. The number of hydrogen-bond acceptors (Lipinski definition) is 2. The monoisotopic (exact) mass is 268 g/mol. The molecule has 1 aliphatic carbocycles. The highest BCUT2D eigenvalue weighted by molar-refractivity contribution is 5.79. The zero-order valence-corrected chi connectivity index (χ0v) is 12.8. The number of nitrogens with two attached hydrogens (primary N) is 1. The molecule has 19 heavy (non-hydrogen) atoms. The molecule has 1 amide bonds. The van der Waals surface area contributed by atoms with Crippen molar-refractivity contribution in [2.45, 2.75) is 90.1 Å². The van der Waals surface area contributed by atoms with Crippen molar-refractivity contribution in [2.24, 2.45) is 11.7 Å². The van der Waals surface area contributed by atoms with E-state index in [1.807, 2.05) is 0 Å². The average Bonchev–Trinajstić information content (AvgIpc) is 2.61. The second-order valence-corrected chi connectivity index (χ2v) is 6.04. The summed E-state index contributed by atoms with van der Waals surface area (Å²) in [4.78, 5) is 12.4. The van der Waals surface area contributed by atoms with Gasteiger partial charge >= 0.3 is 0 Å². The Hall–Kier alpha value is -0.570. The minimum absolute atomic E-state index is 0.0449. The Labute approximate surface area is 118 Å². The van der Waals surface area contributed by atoms with E-state index in [0.29, 0.717) is 6.04 Å². The molecular formula is C16H32N2O. The molecule has 0 aromatic heterocycles. The summed E-state index contributed by atoms with van der Waals surface area (Å²) in [5, 5.41) is 3.26. The Balaban J connectivity index is 2.48.